The van der Waals surface area contributed by atoms with E-state index in [1.165, 1.54) is 54.6 Å². The van der Waals surface area contributed by atoms with Gasteiger partial charge in [0, 0.05) is 16.3 Å². The number of fused-ring (bicyclic) bond motifs is 8. The van der Waals surface area contributed by atoms with Gasteiger partial charge in [0.2, 0.25) is 0 Å². The third-order valence-corrected chi connectivity index (χ3v) is 8.85. The van der Waals surface area contributed by atoms with Crippen LogP contribution in [0.3, 0.4) is 0 Å². The van der Waals surface area contributed by atoms with E-state index < -0.39 is 0 Å². The minimum atomic E-state index is 0.921. The second-order valence-electron chi connectivity index (χ2n) is 11.3. The summed E-state index contributed by atoms with van der Waals surface area (Å²) in [7, 11) is 0. The van der Waals surface area contributed by atoms with Crippen molar-refractivity contribution in [1.29, 1.82) is 0 Å². The fourth-order valence-corrected chi connectivity index (χ4v) is 6.81. The van der Waals surface area contributed by atoms with Crippen LogP contribution >= 0.6 is 0 Å². The molecule has 0 saturated heterocycles. The van der Waals surface area contributed by atoms with Crippen LogP contribution in [0.4, 0.5) is 0 Å². The summed E-state index contributed by atoms with van der Waals surface area (Å²) >= 11 is 0. The van der Waals surface area contributed by atoms with Gasteiger partial charge < -0.3 is 4.42 Å². The molecule has 0 fully saturated rings. The summed E-state index contributed by atoms with van der Waals surface area (Å²) in [4.78, 5) is 0. The van der Waals surface area contributed by atoms with Gasteiger partial charge in [-0.1, -0.05) is 133 Å². The number of hydrogen-bond acceptors (Lipinski definition) is 1. The molecule has 0 N–H and O–H groups in total. The second kappa shape index (κ2) is 9.44. The molecule has 0 bridgehead atoms. The second-order valence-corrected chi connectivity index (χ2v) is 11.3. The van der Waals surface area contributed by atoms with E-state index in [2.05, 4.69) is 146 Å². The first-order chi connectivity index (χ1) is 21.3. The van der Waals surface area contributed by atoms with Gasteiger partial charge in [0.1, 0.15) is 11.2 Å². The monoisotopic (exact) mass is 546 g/mol. The van der Waals surface area contributed by atoms with Gasteiger partial charge in [-0.05, 0) is 84.4 Å². The van der Waals surface area contributed by atoms with E-state index in [0.29, 0.717) is 0 Å². The van der Waals surface area contributed by atoms with Crippen LogP contribution in [-0.4, -0.2) is 0 Å². The van der Waals surface area contributed by atoms with Crippen LogP contribution in [-0.2, 0) is 0 Å². The van der Waals surface area contributed by atoms with Crippen LogP contribution in [0.1, 0.15) is 0 Å². The molecule has 0 spiro atoms. The summed E-state index contributed by atoms with van der Waals surface area (Å²) < 4.78 is 6.37. The summed E-state index contributed by atoms with van der Waals surface area (Å²) in [6, 6.07) is 56.8. The molecule has 0 aliphatic carbocycles. The van der Waals surface area contributed by atoms with E-state index in [9.17, 15) is 0 Å². The molecular weight excluding hydrogens is 520 g/mol. The SMILES string of the molecule is c1cc(-c2cccc(-c3cccc4c3oc3ccccc34)c2)cc(-c2cc3c4ccccc4ccc3c3ccccc23)c1. The lowest BCUT2D eigenvalue weighted by Crippen LogP contribution is -1.87. The number of hydrogen-bond donors (Lipinski definition) is 0. The molecule has 43 heavy (non-hydrogen) atoms. The van der Waals surface area contributed by atoms with Gasteiger partial charge in [-0.15, -0.1) is 0 Å². The lowest BCUT2D eigenvalue weighted by molar-refractivity contribution is 0.670. The first kappa shape index (κ1) is 24.0. The third kappa shape index (κ3) is 3.79. The van der Waals surface area contributed by atoms with Crippen LogP contribution in [0.5, 0.6) is 0 Å². The molecule has 0 aliphatic rings. The molecule has 1 heteroatoms. The number of rotatable bonds is 3. The maximum absolute atomic E-state index is 6.37. The van der Waals surface area contributed by atoms with Crippen molar-refractivity contribution in [3.8, 4) is 33.4 Å². The fraction of sp³-hybridized carbons (Fsp3) is 0. The van der Waals surface area contributed by atoms with Crippen molar-refractivity contribution in [2.45, 2.75) is 0 Å². The molecule has 0 saturated carbocycles. The maximum atomic E-state index is 6.37. The zero-order chi connectivity index (χ0) is 28.3. The molecule has 0 radical (unpaired) electrons. The van der Waals surface area contributed by atoms with E-state index in [0.717, 1.165) is 33.1 Å². The standard InChI is InChI=1S/C42H26O/c1-2-15-32-27(10-1)22-23-36-34-16-3-4-17-35(34)39(26-40(32)36)31-14-8-12-29(25-31)28-11-7-13-30(24-28)33-19-9-20-38-37-18-5-6-21-41(37)43-42(33)38/h1-26H. The Hall–Kier alpha value is -5.66. The molecule has 200 valence electrons. The Bertz CT molecular complexity index is 2510. The van der Waals surface area contributed by atoms with E-state index in [-0.39, 0.29) is 0 Å². The fourth-order valence-electron chi connectivity index (χ4n) is 6.81. The van der Waals surface area contributed by atoms with Crippen LogP contribution in [0.2, 0.25) is 0 Å². The van der Waals surface area contributed by atoms with Crippen molar-refractivity contribution in [3.05, 3.63) is 158 Å². The van der Waals surface area contributed by atoms with Crippen molar-refractivity contribution in [1.82, 2.24) is 0 Å². The van der Waals surface area contributed by atoms with Crippen LogP contribution < -0.4 is 0 Å². The van der Waals surface area contributed by atoms with Crippen molar-refractivity contribution in [2.24, 2.45) is 0 Å². The average molecular weight is 547 g/mol. The van der Waals surface area contributed by atoms with Gasteiger partial charge in [-0.3, -0.25) is 0 Å². The summed E-state index contributed by atoms with van der Waals surface area (Å²) in [5.41, 5.74) is 8.96. The molecule has 1 nitrogen and oxygen atoms in total. The first-order valence-corrected chi connectivity index (χ1v) is 14.8. The van der Waals surface area contributed by atoms with Crippen molar-refractivity contribution < 1.29 is 4.42 Å². The van der Waals surface area contributed by atoms with Gasteiger partial charge in [-0.2, -0.15) is 0 Å². The van der Waals surface area contributed by atoms with Gasteiger partial charge in [0.05, 0.1) is 0 Å². The molecule has 0 unspecified atom stereocenters. The van der Waals surface area contributed by atoms with Crippen molar-refractivity contribution in [3.63, 3.8) is 0 Å². The molecule has 0 aliphatic heterocycles. The van der Waals surface area contributed by atoms with Crippen LogP contribution in [0.15, 0.2) is 162 Å². The molecule has 9 rings (SSSR count). The highest BCUT2D eigenvalue weighted by Crippen LogP contribution is 2.40. The van der Waals surface area contributed by atoms with E-state index in [1.54, 1.807) is 0 Å². The molecular formula is C42H26O. The van der Waals surface area contributed by atoms with Gasteiger partial charge in [0.25, 0.3) is 0 Å². The summed E-state index contributed by atoms with van der Waals surface area (Å²) in [6.45, 7) is 0. The molecule has 1 aromatic heterocycles. The normalized spacial score (nSPS) is 11.7. The highest BCUT2D eigenvalue weighted by molar-refractivity contribution is 6.21. The third-order valence-electron chi connectivity index (χ3n) is 8.85. The Morgan fingerprint density at radius 2 is 0.884 bits per heavy atom. The molecule has 0 atom stereocenters. The van der Waals surface area contributed by atoms with Gasteiger partial charge in [0.15, 0.2) is 0 Å². The van der Waals surface area contributed by atoms with Gasteiger partial charge >= 0.3 is 0 Å². The van der Waals surface area contributed by atoms with E-state index in [4.69, 9.17) is 4.42 Å². The quantitative estimate of drug-likeness (QED) is 0.201. The highest BCUT2D eigenvalue weighted by atomic mass is 16.3. The first-order valence-electron chi connectivity index (χ1n) is 14.8. The minimum absolute atomic E-state index is 0.921. The smallest absolute Gasteiger partial charge is 0.143 e. The molecule has 1 heterocycles. The van der Waals surface area contributed by atoms with Gasteiger partial charge in [-0.25, -0.2) is 0 Å². The summed E-state index contributed by atoms with van der Waals surface area (Å²) in [6.07, 6.45) is 0. The number of benzene rings is 8. The molecule has 9 aromatic rings. The van der Waals surface area contributed by atoms with E-state index in [1.807, 2.05) is 12.1 Å². The Balaban J connectivity index is 1.21. The van der Waals surface area contributed by atoms with Crippen molar-refractivity contribution >= 4 is 54.3 Å². The molecule has 0 amide bonds. The largest absolute Gasteiger partial charge is 0.455 e. The Morgan fingerprint density at radius 1 is 0.302 bits per heavy atom. The number of para-hydroxylation sites is 2. The average Bonchev–Trinajstić information content (AvgIpc) is 3.47. The van der Waals surface area contributed by atoms with Crippen molar-refractivity contribution in [2.75, 3.05) is 0 Å². The lowest BCUT2D eigenvalue weighted by Gasteiger charge is -2.14. The molecule has 8 aromatic carbocycles. The lowest BCUT2D eigenvalue weighted by atomic mass is 9.90. The van der Waals surface area contributed by atoms with Crippen LogP contribution in [0, 0.1) is 0 Å². The number of furan rings is 1. The Kier molecular flexibility index (Phi) is 5.27. The summed E-state index contributed by atoms with van der Waals surface area (Å²) in [5, 5.41) is 9.99. The Labute approximate surface area is 249 Å². The minimum Gasteiger partial charge on any atom is -0.455 e. The highest BCUT2D eigenvalue weighted by Gasteiger charge is 2.14. The zero-order valence-corrected chi connectivity index (χ0v) is 23.4. The predicted octanol–water partition coefficient (Wildman–Crippen LogP) is 12.0. The predicted molar refractivity (Wildman–Crippen MR) is 183 cm³/mol. The topological polar surface area (TPSA) is 13.1 Å². The van der Waals surface area contributed by atoms with E-state index >= 15 is 0 Å². The van der Waals surface area contributed by atoms with Crippen LogP contribution in [0.25, 0.3) is 87.6 Å². The summed E-state index contributed by atoms with van der Waals surface area (Å²) in [5.74, 6) is 0. The maximum Gasteiger partial charge on any atom is 0.143 e. The Morgan fingerprint density at radius 3 is 1.70 bits per heavy atom. The zero-order valence-electron chi connectivity index (χ0n) is 23.4.